The molecule has 1 aliphatic carbocycles. The first-order valence-electron chi connectivity index (χ1n) is 2.84. The van der Waals surface area contributed by atoms with E-state index in [0.717, 1.165) is 0 Å². The Morgan fingerprint density at radius 1 is 1.23 bits per heavy atom. The third kappa shape index (κ3) is 3.75. The molecule has 1 saturated carbocycles. The first kappa shape index (κ1) is 18.4. The molecule has 0 amide bonds. The molecule has 2 atom stereocenters. The van der Waals surface area contributed by atoms with Crippen molar-refractivity contribution in [2.24, 2.45) is 0 Å². The molecule has 64 valence electrons. The van der Waals surface area contributed by atoms with Crippen molar-refractivity contribution in [3.63, 3.8) is 0 Å². The second-order valence-corrected chi connectivity index (χ2v) is 2.50. The zero-order chi connectivity index (χ0) is 8.86. The second-order valence-electron chi connectivity index (χ2n) is 2.50. The summed E-state index contributed by atoms with van der Waals surface area (Å²) in [4.78, 5) is 0. The maximum absolute atomic E-state index is 12.4. The summed E-state index contributed by atoms with van der Waals surface area (Å²) >= 11 is 0. The summed E-state index contributed by atoms with van der Waals surface area (Å²) in [6.45, 7) is 0.583. The summed E-state index contributed by atoms with van der Waals surface area (Å²) in [5, 5.41) is 19.4. The van der Waals surface area contributed by atoms with Crippen molar-refractivity contribution in [1.82, 2.24) is 0 Å². The Kier molecular flexibility index (Phi) is 8.59. The summed E-state index contributed by atoms with van der Waals surface area (Å²) in [7, 11) is -2.86. The summed E-state index contributed by atoms with van der Waals surface area (Å²) in [5.74, 6) is -3.69. The Morgan fingerprint density at radius 2 is 1.54 bits per heavy atom. The molecule has 1 aliphatic rings. The van der Waals surface area contributed by atoms with Crippen LogP contribution in [0, 0.1) is 0 Å². The predicted molar refractivity (Wildman–Crippen MR) is 25.1 cm³/mol. The van der Waals surface area contributed by atoms with E-state index in [-0.39, 0.29) is 103 Å². The van der Waals surface area contributed by atoms with Crippen LogP contribution in [0.4, 0.5) is 13.2 Å². The molecule has 1 rings (SSSR count). The zero-order valence-electron chi connectivity index (χ0n) is 7.51. The number of rotatable bonds is 2. The molecule has 0 radical (unpaired) electrons. The van der Waals surface area contributed by atoms with Gasteiger partial charge in [0.15, 0.2) is 0 Å². The van der Waals surface area contributed by atoms with E-state index in [9.17, 15) is 23.2 Å². The minimum absolute atomic E-state index is 0. The van der Waals surface area contributed by atoms with Crippen LogP contribution in [-0.4, -0.2) is 25.0 Å². The van der Waals surface area contributed by atoms with Crippen LogP contribution in [0.25, 0.3) is 0 Å². The number of hydrogen-bond donors (Lipinski definition) is 0. The van der Waals surface area contributed by atoms with E-state index in [1.165, 1.54) is 0 Å². The Hall–Kier alpha value is 3.01. The van der Waals surface area contributed by atoms with E-state index in [0.29, 0.717) is 6.92 Å². The van der Waals surface area contributed by atoms with Gasteiger partial charge in [0.25, 0.3) is 0 Å². The largest absolute Gasteiger partial charge is 1.00 e. The zero-order valence-corrected chi connectivity index (χ0v) is 13.8. The molecular weight excluding hydrogens is 242 g/mol. The van der Waals surface area contributed by atoms with Gasteiger partial charge in [-0.1, -0.05) is 0 Å². The van der Waals surface area contributed by atoms with Gasteiger partial charge in [-0.05, 0) is 6.92 Å². The molecule has 0 aromatic heterocycles. The Bertz CT molecular complexity index is 166. The molecule has 0 saturated heterocycles. The van der Waals surface area contributed by atoms with Crippen LogP contribution in [0.15, 0.2) is 0 Å². The van der Waals surface area contributed by atoms with Crippen molar-refractivity contribution in [3.8, 4) is 0 Å². The van der Waals surface area contributed by atoms with Crippen molar-refractivity contribution in [3.05, 3.63) is 0 Å². The fourth-order valence-corrected chi connectivity index (χ4v) is 0.788. The van der Waals surface area contributed by atoms with Crippen LogP contribution in [0.3, 0.4) is 0 Å². The summed E-state index contributed by atoms with van der Waals surface area (Å²) in [5.41, 5.74) is -2.86. The SMILES string of the molecule is C[C@]1(F)[C@H](OB([O-])[O-])C1(F)F.[K+].[K+]. The van der Waals surface area contributed by atoms with Crippen molar-refractivity contribution in [2.45, 2.75) is 24.6 Å². The normalized spacial score (nSPS) is 34.2. The second kappa shape index (κ2) is 6.08. The monoisotopic (exact) mass is 246 g/mol. The molecule has 0 spiro atoms. The molecule has 0 heterocycles. The molecule has 9 heteroatoms. The van der Waals surface area contributed by atoms with Gasteiger partial charge in [-0.25, -0.2) is 4.39 Å². The van der Waals surface area contributed by atoms with Gasteiger partial charge in [0.05, 0.1) is 7.32 Å². The predicted octanol–water partition coefficient (Wildman–Crippen LogP) is -7.54. The molecule has 0 bridgehead atoms. The summed E-state index contributed by atoms with van der Waals surface area (Å²) in [6.07, 6.45) is -2.17. The minimum Gasteiger partial charge on any atom is -0.871 e. The quantitative estimate of drug-likeness (QED) is 0.455. The third-order valence-electron chi connectivity index (χ3n) is 1.64. The summed E-state index contributed by atoms with van der Waals surface area (Å²) < 4.78 is 40.3. The van der Waals surface area contributed by atoms with Crippen molar-refractivity contribution in [2.75, 3.05) is 0 Å². The van der Waals surface area contributed by atoms with Gasteiger partial charge in [0.1, 0.15) is 6.10 Å². The molecule has 13 heavy (non-hydrogen) atoms. The van der Waals surface area contributed by atoms with Gasteiger partial charge in [-0.3, -0.25) is 0 Å². The van der Waals surface area contributed by atoms with Gasteiger partial charge in [-0.2, -0.15) is 8.78 Å². The number of halogens is 3. The van der Waals surface area contributed by atoms with Crippen LogP contribution in [0.5, 0.6) is 0 Å². The van der Waals surface area contributed by atoms with Gasteiger partial charge in [0, 0.05) is 0 Å². The molecule has 0 unspecified atom stereocenters. The van der Waals surface area contributed by atoms with E-state index in [1.807, 2.05) is 0 Å². The smallest absolute Gasteiger partial charge is 0.871 e. The number of hydrogen-bond acceptors (Lipinski definition) is 3. The fourth-order valence-electron chi connectivity index (χ4n) is 0.788. The van der Waals surface area contributed by atoms with Crippen LogP contribution in [0.2, 0.25) is 0 Å². The molecule has 0 aliphatic heterocycles. The molecule has 0 aromatic rings. The van der Waals surface area contributed by atoms with E-state index < -0.39 is 25.0 Å². The van der Waals surface area contributed by atoms with Crippen molar-refractivity contribution >= 4 is 7.32 Å². The van der Waals surface area contributed by atoms with E-state index in [1.54, 1.807) is 0 Å². The van der Waals surface area contributed by atoms with Crippen LogP contribution in [0.1, 0.15) is 6.92 Å². The maximum atomic E-state index is 12.4. The maximum Gasteiger partial charge on any atom is 1.00 e. The van der Waals surface area contributed by atoms with Crippen LogP contribution in [-0.2, 0) is 4.65 Å². The molecule has 0 N–H and O–H groups in total. The van der Waals surface area contributed by atoms with Crippen molar-refractivity contribution < 1.29 is 131 Å². The number of alkyl halides is 3. The Labute approximate surface area is 159 Å². The van der Waals surface area contributed by atoms with Gasteiger partial charge < -0.3 is 14.7 Å². The average molecular weight is 246 g/mol. The molecule has 3 nitrogen and oxygen atoms in total. The Morgan fingerprint density at radius 3 is 1.62 bits per heavy atom. The van der Waals surface area contributed by atoms with Crippen molar-refractivity contribution in [1.29, 1.82) is 0 Å². The topological polar surface area (TPSA) is 55.3 Å². The van der Waals surface area contributed by atoms with E-state index in [2.05, 4.69) is 4.65 Å². The third-order valence-corrected chi connectivity index (χ3v) is 1.64. The summed E-state index contributed by atoms with van der Waals surface area (Å²) in [6, 6.07) is 0. The van der Waals surface area contributed by atoms with E-state index in [4.69, 9.17) is 0 Å². The molecule has 1 fully saturated rings. The van der Waals surface area contributed by atoms with E-state index >= 15 is 0 Å². The first-order valence-corrected chi connectivity index (χ1v) is 2.84. The van der Waals surface area contributed by atoms with Gasteiger partial charge in [-0.15, -0.1) is 0 Å². The van der Waals surface area contributed by atoms with Crippen LogP contribution < -0.4 is 113 Å². The minimum atomic E-state index is -3.69. The van der Waals surface area contributed by atoms with Crippen LogP contribution >= 0.6 is 0 Å². The van der Waals surface area contributed by atoms with Gasteiger partial charge >= 0.3 is 109 Å². The first-order chi connectivity index (χ1) is 4.80. The average Bonchev–Trinajstić information content (AvgIpc) is 2.11. The Balaban J connectivity index is 0. The van der Waals surface area contributed by atoms with Gasteiger partial charge in [0.2, 0.25) is 5.67 Å². The molecular formula is C4H4BF3K2O3. The molecule has 0 aromatic carbocycles. The standard InChI is InChI=1S/C4H4BF3O3.2K/c1-3(6)2(4(3,7)8)11-5(9)10;;/h2H,1H3;;/q-2;2*+1/t2-,3-;;/m0../s1. The fraction of sp³-hybridized carbons (Fsp3) is 1.00.